The monoisotopic (exact) mass is 271 g/mol. The number of rotatable bonds is 9. The number of hydrogen-bond acceptors (Lipinski definition) is 3. The Morgan fingerprint density at radius 2 is 1.89 bits per heavy atom. The molecule has 0 amide bonds. The predicted molar refractivity (Wildman–Crippen MR) is 75.3 cm³/mol. The molecule has 1 rings (SSSR count). The summed E-state index contributed by atoms with van der Waals surface area (Å²) in [6.45, 7) is 2.07. The van der Waals surface area contributed by atoms with E-state index in [1.54, 1.807) is 7.11 Å². The maximum absolute atomic E-state index is 5.87. The molecular weight excluding hydrogens is 250 g/mol. The van der Waals surface area contributed by atoms with Gasteiger partial charge in [0, 0.05) is 24.8 Å². The third-order valence-electron chi connectivity index (χ3n) is 2.85. The molecule has 1 atom stereocenters. The minimum absolute atomic E-state index is 0.425. The number of hydrogen-bond donors (Lipinski definition) is 1. The van der Waals surface area contributed by atoms with E-state index >= 15 is 0 Å². The number of ether oxygens (including phenoxy) is 2. The summed E-state index contributed by atoms with van der Waals surface area (Å²) in [5.74, 6) is 0. The molecule has 1 aromatic carbocycles. The predicted octanol–water partition coefficient (Wildman–Crippen LogP) is 2.52. The van der Waals surface area contributed by atoms with Crippen molar-refractivity contribution < 1.29 is 9.47 Å². The molecule has 0 bridgehead atoms. The number of nitrogens with one attached hydrogen (secondary N) is 1. The third-order valence-corrected chi connectivity index (χ3v) is 3.10. The van der Waals surface area contributed by atoms with E-state index < -0.39 is 0 Å². The lowest BCUT2D eigenvalue weighted by molar-refractivity contribution is 0.0661. The summed E-state index contributed by atoms with van der Waals surface area (Å²) in [7, 11) is 3.66. The first-order valence-corrected chi connectivity index (χ1v) is 6.62. The molecular formula is C14H22ClNO2. The molecule has 0 aromatic heterocycles. The van der Waals surface area contributed by atoms with Gasteiger partial charge in [0.05, 0.1) is 13.2 Å². The van der Waals surface area contributed by atoms with Crippen LogP contribution in [0.3, 0.4) is 0 Å². The van der Waals surface area contributed by atoms with Gasteiger partial charge < -0.3 is 14.8 Å². The fourth-order valence-electron chi connectivity index (χ4n) is 1.72. The number of benzene rings is 1. The zero-order chi connectivity index (χ0) is 13.2. The lowest BCUT2D eigenvalue weighted by Crippen LogP contribution is -2.29. The molecule has 102 valence electrons. The van der Waals surface area contributed by atoms with Crippen molar-refractivity contribution in [2.75, 3.05) is 34.0 Å². The van der Waals surface area contributed by atoms with Crippen LogP contribution in [0.5, 0.6) is 0 Å². The van der Waals surface area contributed by atoms with Crippen LogP contribution in [0.15, 0.2) is 24.3 Å². The quantitative estimate of drug-likeness (QED) is 0.700. The van der Waals surface area contributed by atoms with Crippen molar-refractivity contribution in [1.82, 2.24) is 5.32 Å². The van der Waals surface area contributed by atoms with E-state index in [9.17, 15) is 0 Å². The van der Waals surface area contributed by atoms with Gasteiger partial charge in [0.25, 0.3) is 0 Å². The summed E-state index contributed by atoms with van der Waals surface area (Å²) in [5, 5.41) is 4.09. The van der Waals surface area contributed by atoms with Crippen LogP contribution >= 0.6 is 11.6 Å². The van der Waals surface area contributed by atoms with Crippen LogP contribution in [0, 0.1) is 0 Å². The lowest BCUT2D eigenvalue weighted by atomic mass is 10.0. The second kappa shape index (κ2) is 9.34. The molecule has 18 heavy (non-hydrogen) atoms. The molecule has 1 N–H and O–H groups in total. The SMILES string of the molecule is CNC(CCOCCOC)Cc1ccc(Cl)cc1. The maximum atomic E-state index is 5.87. The van der Waals surface area contributed by atoms with Crippen molar-refractivity contribution in [2.45, 2.75) is 18.9 Å². The largest absolute Gasteiger partial charge is 0.382 e. The second-order valence-electron chi connectivity index (χ2n) is 4.21. The van der Waals surface area contributed by atoms with Crippen molar-refractivity contribution >= 4 is 11.6 Å². The van der Waals surface area contributed by atoms with Crippen LogP contribution < -0.4 is 5.32 Å². The molecule has 0 radical (unpaired) electrons. The van der Waals surface area contributed by atoms with Crippen LogP contribution in [-0.4, -0.2) is 40.0 Å². The summed E-state index contributed by atoms with van der Waals surface area (Å²) in [6, 6.07) is 8.42. The topological polar surface area (TPSA) is 30.5 Å². The summed E-state index contributed by atoms with van der Waals surface area (Å²) in [5.41, 5.74) is 1.29. The van der Waals surface area contributed by atoms with Gasteiger partial charge in [-0.15, -0.1) is 0 Å². The molecule has 0 heterocycles. The van der Waals surface area contributed by atoms with Gasteiger partial charge in [0.15, 0.2) is 0 Å². The zero-order valence-electron chi connectivity index (χ0n) is 11.1. The van der Waals surface area contributed by atoms with Crippen LogP contribution in [0.25, 0.3) is 0 Å². The minimum Gasteiger partial charge on any atom is -0.382 e. The molecule has 0 aliphatic heterocycles. The number of halogens is 1. The summed E-state index contributed by atoms with van der Waals surface area (Å²) in [6.07, 6.45) is 1.98. The number of likely N-dealkylation sites (N-methyl/N-ethyl adjacent to an activating group) is 1. The van der Waals surface area contributed by atoms with E-state index in [-0.39, 0.29) is 0 Å². The Morgan fingerprint density at radius 3 is 2.50 bits per heavy atom. The Morgan fingerprint density at radius 1 is 1.17 bits per heavy atom. The van der Waals surface area contributed by atoms with E-state index in [4.69, 9.17) is 21.1 Å². The first-order valence-electron chi connectivity index (χ1n) is 6.24. The van der Waals surface area contributed by atoms with Crippen LogP contribution in [0.2, 0.25) is 5.02 Å². The average Bonchev–Trinajstić information content (AvgIpc) is 2.39. The molecule has 0 aliphatic carbocycles. The first kappa shape index (κ1) is 15.4. The van der Waals surface area contributed by atoms with Gasteiger partial charge in [0.2, 0.25) is 0 Å². The van der Waals surface area contributed by atoms with Gasteiger partial charge in [-0.25, -0.2) is 0 Å². The molecule has 0 fully saturated rings. The van der Waals surface area contributed by atoms with Crippen molar-refractivity contribution in [3.63, 3.8) is 0 Å². The van der Waals surface area contributed by atoms with E-state index in [1.165, 1.54) is 5.56 Å². The van der Waals surface area contributed by atoms with Gasteiger partial charge >= 0.3 is 0 Å². The average molecular weight is 272 g/mol. The molecule has 0 aliphatic rings. The standard InChI is InChI=1S/C14H22ClNO2/c1-16-14(7-8-18-10-9-17-2)11-12-3-5-13(15)6-4-12/h3-6,14,16H,7-11H2,1-2H3. The second-order valence-corrected chi connectivity index (χ2v) is 4.65. The Hall–Kier alpha value is -0.610. The van der Waals surface area contributed by atoms with Gasteiger partial charge in [-0.3, -0.25) is 0 Å². The van der Waals surface area contributed by atoms with Crippen LogP contribution in [-0.2, 0) is 15.9 Å². The van der Waals surface area contributed by atoms with E-state index in [0.29, 0.717) is 19.3 Å². The van der Waals surface area contributed by atoms with Crippen molar-refractivity contribution in [2.24, 2.45) is 0 Å². The molecule has 0 saturated carbocycles. The van der Waals surface area contributed by atoms with E-state index in [2.05, 4.69) is 17.4 Å². The maximum Gasteiger partial charge on any atom is 0.0700 e. The highest BCUT2D eigenvalue weighted by Crippen LogP contribution is 2.12. The Balaban J connectivity index is 2.26. The highest BCUT2D eigenvalue weighted by atomic mass is 35.5. The van der Waals surface area contributed by atoms with Crippen molar-refractivity contribution in [1.29, 1.82) is 0 Å². The minimum atomic E-state index is 0.425. The molecule has 1 aromatic rings. The summed E-state index contributed by atoms with van der Waals surface area (Å²) >= 11 is 5.87. The molecule has 0 spiro atoms. The van der Waals surface area contributed by atoms with Gasteiger partial charge in [-0.2, -0.15) is 0 Å². The third kappa shape index (κ3) is 6.36. The highest BCUT2D eigenvalue weighted by Gasteiger charge is 2.07. The summed E-state index contributed by atoms with van der Waals surface area (Å²) < 4.78 is 10.4. The molecule has 4 heteroatoms. The van der Waals surface area contributed by atoms with Crippen molar-refractivity contribution in [3.8, 4) is 0 Å². The van der Waals surface area contributed by atoms with E-state index in [0.717, 1.165) is 24.5 Å². The fourth-order valence-corrected chi connectivity index (χ4v) is 1.85. The lowest BCUT2D eigenvalue weighted by Gasteiger charge is -2.16. The highest BCUT2D eigenvalue weighted by molar-refractivity contribution is 6.30. The molecule has 0 saturated heterocycles. The van der Waals surface area contributed by atoms with Gasteiger partial charge in [-0.1, -0.05) is 23.7 Å². The summed E-state index contributed by atoms with van der Waals surface area (Å²) in [4.78, 5) is 0. The van der Waals surface area contributed by atoms with Gasteiger partial charge in [0.1, 0.15) is 0 Å². The van der Waals surface area contributed by atoms with E-state index in [1.807, 2.05) is 19.2 Å². The Bertz CT molecular complexity index is 316. The number of methoxy groups -OCH3 is 1. The zero-order valence-corrected chi connectivity index (χ0v) is 11.9. The molecule has 3 nitrogen and oxygen atoms in total. The Labute approximate surface area is 114 Å². The van der Waals surface area contributed by atoms with Crippen LogP contribution in [0.1, 0.15) is 12.0 Å². The Kier molecular flexibility index (Phi) is 8.01. The normalized spacial score (nSPS) is 12.6. The fraction of sp³-hybridized carbons (Fsp3) is 0.571. The first-order chi connectivity index (χ1) is 8.76. The van der Waals surface area contributed by atoms with Crippen LogP contribution in [0.4, 0.5) is 0 Å². The van der Waals surface area contributed by atoms with Crippen molar-refractivity contribution in [3.05, 3.63) is 34.9 Å². The van der Waals surface area contributed by atoms with Gasteiger partial charge in [-0.05, 0) is 37.6 Å². The smallest absolute Gasteiger partial charge is 0.0700 e. The molecule has 1 unspecified atom stereocenters.